The van der Waals surface area contributed by atoms with Crippen molar-refractivity contribution in [2.75, 3.05) is 0 Å². The molecule has 2 aliphatic carbocycles. The largest absolute Gasteiger partial charge is 0.264 e. The highest BCUT2D eigenvalue weighted by Crippen LogP contribution is 2.63. The predicted molar refractivity (Wildman–Crippen MR) is 229 cm³/mol. The van der Waals surface area contributed by atoms with E-state index in [1.807, 2.05) is 60.8 Å². The van der Waals surface area contributed by atoms with E-state index in [1.165, 1.54) is 0 Å². The lowest BCUT2D eigenvalue weighted by Gasteiger charge is -2.35. The minimum atomic E-state index is -3.72. The highest BCUT2D eigenvalue weighted by atomic mass is 32.2. The smallest absolute Gasteiger partial charge is 0.207 e. The zero-order valence-electron chi connectivity index (χ0n) is 31.0. The van der Waals surface area contributed by atoms with Gasteiger partial charge in [0.25, 0.3) is 0 Å². The summed E-state index contributed by atoms with van der Waals surface area (Å²) in [5, 5.41) is 0. The number of nitrogens with zero attached hydrogens (tertiary/aromatic N) is 3. The molecule has 58 heavy (non-hydrogen) atoms. The highest BCUT2D eigenvalue weighted by molar-refractivity contribution is 7.92. The maximum absolute atomic E-state index is 14.2. The van der Waals surface area contributed by atoms with Crippen LogP contribution in [0.2, 0.25) is 0 Å². The standard InChI is InChI=1S/C52H31N3O2S/c56-58(57)49-23-11-8-20-40(49)42-28-46-41(29-50(42)58)38-19-7-10-22-44(38)52(46)43-21-9-6-18-37(43)35-16-4-5-17-36(35)39-25-24-33(27-45(39)52)51-54-47(32-13-2-1-3-14-32)30-48(55-51)34-15-12-26-53-31-34/h1-31H. The molecule has 3 heterocycles. The number of hydrogen-bond acceptors (Lipinski definition) is 5. The minimum absolute atomic E-state index is 0.354. The average Bonchev–Trinajstić information content (AvgIpc) is 3.66. The Bertz CT molecular complexity index is 3250. The van der Waals surface area contributed by atoms with Crippen molar-refractivity contribution in [3.05, 3.63) is 211 Å². The molecule has 272 valence electrons. The lowest BCUT2D eigenvalue weighted by molar-refractivity contribution is 0.598. The maximum atomic E-state index is 14.2. The number of hydrogen-bond donors (Lipinski definition) is 0. The molecule has 0 N–H and O–H groups in total. The fraction of sp³-hybridized carbons (Fsp3) is 0.0192. The Balaban J connectivity index is 1.21. The molecule has 0 bridgehead atoms. The molecule has 0 saturated heterocycles. The van der Waals surface area contributed by atoms with E-state index in [1.54, 1.807) is 18.3 Å². The van der Waals surface area contributed by atoms with Gasteiger partial charge in [0.15, 0.2) is 5.82 Å². The van der Waals surface area contributed by atoms with Crippen LogP contribution in [0.15, 0.2) is 198 Å². The number of fused-ring (bicyclic) bond motifs is 15. The van der Waals surface area contributed by atoms with Gasteiger partial charge in [-0.3, -0.25) is 4.98 Å². The molecule has 1 unspecified atom stereocenters. The van der Waals surface area contributed by atoms with Crippen LogP contribution in [0.5, 0.6) is 0 Å². The van der Waals surface area contributed by atoms with Crippen LogP contribution in [0.4, 0.5) is 0 Å². The summed E-state index contributed by atoms with van der Waals surface area (Å²) in [5.41, 5.74) is 15.8. The van der Waals surface area contributed by atoms with Crippen molar-refractivity contribution in [1.29, 1.82) is 0 Å². The second kappa shape index (κ2) is 12.1. The summed E-state index contributed by atoms with van der Waals surface area (Å²) in [6, 6.07) is 60.2. The van der Waals surface area contributed by atoms with E-state index in [0.717, 1.165) is 94.8 Å². The molecule has 0 fully saturated rings. The van der Waals surface area contributed by atoms with Gasteiger partial charge in [-0.15, -0.1) is 0 Å². The van der Waals surface area contributed by atoms with Crippen molar-refractivity contribution >= 4 is 9.84 Å². The van der Waals surface area contributed by atoms with Crippen molar-refractivity contribution in [2.24, 2.45) is 0 Å². The quantitative estimate of drug-likeness (QED) is 0.179. The third kappa shape index (κ3) is 4.46. The summed E-state index contributed by atoms with van der Waals surface area (Å²) in [6.07, 6.45) is 3.61. The summed E-state index contributed by atoms with van der Waals surface area (Å²) in [7, 11) is -3.72. The number of benzene rings is 7. The predicted octanol–water partition coefficient (Wildman–Crippen LogP) is 11.7. The summed E-state index contributed by atoms with van der Waals surface area (Å²) in [5.74, 6) is 0.601. The van der Waals surface area contributed by atoms with Crippen LogP contribution in [-0.4, -0.2) is 23.4 Å². The minimum Gasteiger partial charge on any atom is -0.264 e. The molecule has 12 rings (SSSR count). The molecule has 1 atom stereocenters. The molecule has 3 aliphatic rings. The van der Waals surface area contributed by atoms with E-state index >= 15 is 0 Å². The van der Waals surface area contributed by atoms with Crippen LogP contribution in [-0.2, 0) is 15.3 Å². The van der Waals surface area contributed by atoms with Crippen LogP contribution in [0.3, 0.4) is 0 Å². The van der Waals surface area contributed by atoms with Crippen LogP contribution >= 0.6 is 0 Å². The molecule has 0 amide bonds. The lowest BCUT2D eigenvalue weighted by atomic mass is 9.65. The second-order valence-corrected chi connectivity index (χ2v) is 17.0. The third-order valence-corrected chi connectivity index (χ3v) is 14.0. The summed E-state index contributed by atoms with van der Waals surface area (Å²) >= 11 is 0. The van der Waals surface area contributed by atoms with Gasteiger partial charge >= 0.3 is 0 Å². The molecule has 7 aromatic carbocycles. The highest BCUT2D eigenvalue weighted by Gasteiger charge is 2.51. The van der Waals surface area contributed by atoms with Crippen molar-refractivity contribution in [3.8, 4) is 78.4 Å². The normalized spacial score (nSPS) is 15.9. The van der Waals surface area contributed by atoms with E-state index in [0.29, 0.717) is 15.6 Å². The number of rotatable bonds is 3. The molecule has 1 spiro atoms. The van der Waals surface area contributed by atoms with Crippen LogP contribution in [0, 0.1) is 0 Å². The van der Waals surface area contributed by atoms with Gasteiger partial charge in [-0.1, -0.05) is 133 Å². The van der Waals surface area contributed by atoms with Crippen molar-refractivity contribution in [2.45, 2.75) is 15.2 Å². The SMILES string of the molecule is O=S1(=O)c2ccccc2-c2cc3c(cc21)-c1ccccc1C31c2ccccc2-c2ccccc2-c2ccc(-c3nc(-c4ccccc4)cc(-c4cccnc4)n3)cc21. The van der Waals surface area contributed by atoms with E-state index in [9.17, 15) is 8.42 Å². The Kier molecular flexibility index (Phi) is 6.87. The molecule has 5 nitrogen and oxygen atoms in total. The monoisotopic (exact) mass is 761 g/mol. The first-order valence-corrected chi connectivity index (χ1v) is 20.8. The lowest BCUT2D eigenvalue weighted by Crippen LogP contribution is -2.29. The molecule has 0 radical (unpaired) electrons. The van der Waals surface area contributed by atoms with E-state index in [-0.39, 0.29) is 0 Å². The molecule has 1 aliphatic heterocycles. The van der Waals surface area contributed by atoms with Crippen molar-refractivity contribution in [1.82, 2.24) is 15.0 Å². The first-order chi connectivity index (χ1) is 28.5. The Hall–Kier alpha value is -7.28. The van der Waals surface area contributed by atoms with Crippen LogP contribution in [0.25, 0.3) is 78.4 Å². The fourth-order valence-electron chi connectivity index (χ4n) is 9.72. The summed E-state index contributed by atoms with van der Waals surface area (Å²) < 4.78 is 28.4. The van der Waals surface area contributed by atoms with Gasteiger partial charge in [-0.05, 0) is 98.1 Å². The van der Waals surface area contributed by atoms with Gasteiger partial charge in [0.2, 0.25) is 9.84 Å². The Labute approximate surface area is 336 Å². The molecule has 6 heteroatoms. The first-order valence-electron chi connectivity index (χ1n) is 19.3. The average molecular weight is 762 g/mol. The second-order valence-electron chi connectivity index (χ2n) is 15.1. The molecular weight excluding hydrogens is 731 g/mol. The molecular formula is C52H31N3O2S. The first kappa shape index (κ1) is 32.9. The Morgan fingerprint density at radius 3 is 1.66 bits per heavy atom. The number of aromatic nitrogens is 3. The number of pyridine rings is 1. The Morgan fingerprint density at radius 1 is 0.379 bits per heavy atom. The summed E-state index contributed by atoms with van der Waals surface area (Å²) in [4.78, 5) is 15.6. The summed E-state index contributed by atoms with van der Waals surface area (Å²) in [6.45, 7) is 0. The van der Waals surface area contributed by atoms with Crippen LogP contribution in [0.1, 0.15) is 22.3 Å². The van der Waals surface area contributed by atoms with E-state index in [2.05, 4.69) is 114 Å². The third-order valence-electron chi connectivity index (χ3n) is 12.2. The van der Waals surface area contributed by atoms with Crippen molar-refractivity contribution < 1.29 is 8.42 Å². The fourth-order valence-corrected chi connectivity index (χ4v) is 11.4. The number of sulfone groups is 1. The van der Waals surface area contributed by atoms with Crippen LogP contribution < -0.4 is 0 Å². The topological polar surface area (TPSA) is 72.8 Å². The van der Waals surface area contributed by atoms with Gasteiger partial charge in [0, 0.05) is 40.2 Å². The van der Waals surface area contributed by atoms with Gasteiger partial charge in [0.05, 0.1) is 26.6 Å². The molecule has 9 aromatic rings. The van der Waals surface area contributed by atoms with E-state index < -0.39 is 15.3 Å². The van der Waals surface area contributed by atoms with Gasteiger partial charge < -0.3 is 0 Å². The van der Waals surface area contributed by atoms with Gasteiger partial charge in [-0.25, -0.2) is 18.4 Å². The maximum Gasteiger partial charge on any atom is 0.207 e. The zero-order valence-corrected chi connectivity index (χ0v) is 31.8. The van der Waals surface area contributed by atoms with Crippen molar-refractivity contribution in [3.63, 3.8) is 0 Å². The zero-order chi connectivity index (χ0) is 38.6. The van der Waals surface area contributed by atoms with E-state index in [4.69, 9.17) is 9.97 Å². The van der Waals surface area contributed by atoms with Gasteiger partial charge in [0.1, 0.15) is 0 Å². The molecule has 2 aromatic heterocycles. The molecule has 0 saturated carbocycles. The van der Waals surface area contributed by atoms with Gasteiger partial charge in [-0.2, -0.15) is 0 Å². The Morgan fingerprint density at radius 2 is 0.948 bits per heavy atom.